The minimum atomic E-state index is -0.256. The highest BCUT2D eigenvalue weighted by atomic mass is 79.9. The number of nitrogens with one attached hydrogen (secondary N) is 1. The number of ketones is 1. The van der Waals surface area contributed by atoms with E-state index in [0.717, 1.165) is 11.1 Å². The van der Waals surface area contributed by atoms with Crippen molar-refractivity contribution in [2.24, 2.45) is 0 Å². The van der Waals surface area contributed by atoms with Crippen LogP contribution >= 0.6 is 15.9 Å². The van der Waals surface area contributed by atoms with Gasteiger partial charge < -0.3 is 5.32 Å². The minimum Gasteiger partial charge on any atom is -0.321 e. The van der Waals surface area contributed by atoms with Crippen molar-refractivity contribution >= 4 is 33.3 Å². The van der Waals surface area contributed by atoms with Crippen molar-refractivity contribution in [2.45, 2.75) is 13.3 Å². The third-order valence-corrected chi connectivity index (χ3v) is 4.73. The van der Waals surface area contributed by atoms with E-state index in [4.69, 9.17) is 0 Å². The molecular weight excluding hydrogens is 390 g/mol. The molecule has 0 aliphatic carbocycles. The summed E-state index contributed by atoms with van der Waals surface area (Å²) >= 11 is 3.38. The first-order valence-corrected chi connectivity index (χ1v) is 9.07. The molecule has 0 radical (unpaired) electrons. The molecule has 4 heteroatoms. The van der Waals surface area contributed by atoms with E-state index in [1.807, 2.05) is 43.3 Å². The molecule has 3 aromatic rings. The Bertz CT molecular complexity index is 966. The molecule has 0 heterocycles. The van der Waals surface area contributed by atoms with Crippen molar-refractivity contribution in [3.63, 3.8) is 0 Å². The Morgan fingerprint density at radius 2 is 1.58 bits per heavy atom. The second-order valence-electron chi connectivity index (χ2n) is 6.07. The fourth-order valence-corrected chi connectivity index (χ4v) is 3.24. The summed E-state index contributed by atoms with van der Waals surface area (Å²) in [5, 5.41) is 2.86. The maximum Gasteiger partial charge on any atom is 0.256 e. The second-order valence-corrected chi connectivity index (χ2v) is 6.92. The smallest absolute Gasteiger partial charge is 0.256 e. The Labute approximate surface area is 161 Å². The molecular formula is C22H18BrNO2. The van der Waals surface area contributed by atoms with Gasteiger partial charge in [0, 0.05) is 16.5 Å². The Morgan fingerprint density at radius 1 is 0.885 bits per heavy atom. The molecule has 0 bridgehead atoms. The molecule has 1 amide bonds. The summed E-state index contributed by atoms with van der Waals surface area (Å²) in [6, 6.07) is 22.2. The van der Waals surface area contributed by atoms with Crippen molar-refractivity contribution in [1.29, 1.82) is 0 Å². The van der Waals surface area contributed by atoms with Crippen LogP contribution in [0.1, 0.15) is 31.8 Å². The van der Waals surface area contributed by atoms with Gasteiger partial charge in [0.15, 0.2) is 5.78 Å². The molecule has 0 fully saturated rings. The molecule has 130 valence electrons. The van der Waals surface area contributed by atoms with Gasteiger partial charge >= 0.3 is 0 Å². The second kappa shape index (κ2) is 8.11. The van der Waals surface area contributed by atoms with Crippen LogP contribution in [0.25, 0.3) is 0 Å². The molecule has 0 atom stereocenters. The summed E-state index contributed by atoms with van der Waals surface area (Å²) in [6.07, 6.45) is 0.295. The monoisotopic (exact) mass is 407 g/mol. The van der Waals surface area contributed by atoms with Crippen molar-refractivity contribution in [3.8, 4) is 0 Å². The van der Waals surface area contributed by atoms with E-state index in [2.05, 4.69) is 21.2 Å². The first kappa shape index (κ1) is 18.1. The third-order valence-electron chi connectivity index (χ3n) is 4.04. The van der Waals surface area contributed by atoms with E-state index >= 15 is 0 Å². The zero-order valence-corrected chi connectivity index (χ0v) is 15.9. The Hall–Kier alpha value is -2.72. The minimum absolute atomic E-state index is 0.0290. The molecule has 0 aromatic heterocycles. The maximum absolute atomic E-state index is 12.8. The number of aryl methyl sites for hydroxylation is 1. The lowest BCUT2D eigenvalue weighted by Gasteiger charge is -2.11. The molecule has 0 aliphatic rings. The number of benzene rings is 3. The zero-order chi connectivity index (χ0) is 18.5. The molecule has 26 heavy (non-hydrogen) atoms. The van der Waals surface area contributed by atoms with E-state index in [-0.39, 0.29) is 11.7 Å². The molecule has 0 saturated carbocycles. The third kappa shape index (κ3) is 4.27. The number of carbonyl (C=O) groups is 2. The van der Waals surface area contributed by atoms with Gasteiger partial charge in [0.1, 0.15) is 0 Å². The quantitative estimate of drug-likeness (QED) is 0.572. The van der Waals surface area contributed by atoms with Gasteiger partial charge in [0.05, 0.1) is 11.3 Å². The summed E-state index contributed by atoms with van der Waals surface area (Å²) < 4.78 is 0.709. The fraction of sp³-hybridized carbons (Fsp3) is 0.0909. The highest BCUT2D eigenvalue weighted by Gasteiger charge is 2.15. The van der Waals surface area contributed by atoms with Gasteiger partial charge in [0.25, 0.3) is 5.91 Å². The van der Waals surface area contributed by atoms with Crippen LogP contribution in [0.5, 0.6) is 0 Å². The average molecular weight is 408 g/mol. The van der Waals surface area contributed by atoms with Crippen LogP contribution in [-0.2, 0) is 6.42 Å². The predicted molar refractivity (Wildman–Crippen MR) is 108 cm³/mol. The van der Waals surface area contributed by atoms with Gasteiger partial charge in [-0.2, -0.15) is 0 Å². The van der Waals surface area contributed by atoms with Gasteiger partial charge in [-0.3, -0.25) is 9.59 Å². The number of rotatable bonds is 5. The molecule has 0 saturated heterocycles. The number of Topliss-reactive ketones (excluding diaryl/α,β-unsaturated/α-hetero) is 1. The van der Waals surface area contributed by atoms with Crippen LogP contribution in [0.15, 0.2) is 77.3 Å². The van der Waals surface area contributed by atoms with E-state index in [1.165, 1.54) is 0 Å². The predicted octanol–water partition coefficient (Wildman–Crippen LogP) is 5.44. The van der Waals surface area contributed by atoms with Gasteiger partial charge in [-0.15, -0.1) is 0 Å². The van der Waals surface area contributed by atoms with Crippen LogP contribution < -0.4 is 5.32 Å². The highest BCUT2D eigenvalue weighted by molar-refractivity contribution is 9.10. The summed E-state index contributed by atoms with van der Waals surface area (Å²) in [5.41, 5.74) is 3.63. The van der Waals surface area contributed by atoms with Crippen molar-refractivity contribution in [3.05, 3.63) is 99.5 Å². The van der Waals surface area contributed by atoms with E-state index in [1.54, 1.807) is 36.4 Å². The van der Waals surface area contributed by atoms with Gasteiger partial charge in [-0.25, -0.2) is 0 Å². The first-order valence-electron chi connectivity index (χ1n) is 8.28. The van der Waals surface area contributed by atoms with E-state index < -0.39 is 0 Å². The zero-order valence-electron chi connectivity index (χ0n) is 14.3. The number of anilines is 1. The lowest BCUT2D eigenvalue weighted by Crippen LogP contribution is -2.16. The summed E-state index contributed by atoms with van der Waals surface area (Å²) in [4.78, 5) is 25.3. The number of hydrogen-bond acceptors (Lipinski definition) is 2. The SMILES string of the molecule is Cc1cccc(CC(=O)c2ccccc2NC(=O)c2ccccc2Br)c1. The number of carbonyl (C=O) groups excluding carboxylic acids is 2. The van der Waals surface area contributed by atoms with Crippen LogP contribution in [-0.4, -0.2) is 11.7 Å². The topological polar surface area (TPSA) is 46.2 Å². The van der Waals surface area contributed by atoms with Crippen LogP contribution in [0.2, 0.25) is 0 Å². The highest BCUT2D eigenvalue weighted by Crippen LogP contribution is 2.21. The van der Waals surface area contributed by atoms with E-state index in [9.17, 15) is 9.59 Å². The first-order chi connectivity index (χ1) is 12.5. The molecule has 0 unspecified atom stereocenters. The van der Waals surface area contributed by atoms with Crippen LogP contribution in [0, 0.1) is 6.92 Å². The molecule has 3 aromatic carbocycles. The van der Waals surface area contributed by atoms with Crippen LogP contribution in [0.4, 0.5) is 5.69 Å². The summed E-state index contributed by atoms with van der Waals surface area (Å²) in [7, 11) is 0. The number of hydrogen-bond donors (Lipinski definition) is 1. The summed E-state index contributed by atoms with van der Waals surface area (Å²) in [5.74, 6) is -0.285. The normalized spacial score (nSPS) is 10.4. The van der Waals surface area contributed by atoms with Crippen LogP contribution in [0.3, 0.4) is 0 Å². The van der Waals surface area contributed by atoms with Gasteiger partial charge in [0.2, 0.25) is 0 Å². The number of halogens is 1. The fourth-order valence-electron chi connectivity index (χ4n) is 2.77. The average Bonchev–Trinajstić information content (AvgIpc) is 2.62. The molecule has 3 nitrogen and oxygen atoms in total. The number of amides is 1. The number of para-hydroxylation sites is 1. The standard InChI is InChI=1S/C22H18BrNO2/c1-15-7-6-8-16(13-15)14-21(25)18-10-3-5-12-20(18)24-22(26)17-9-2-4-11-19(17)23/h2-13H,14H2,1H3,(H,24,26). The molecule has 3 rings (SSSR count). The largest absolute Gasteiger partial charge is 0.321 e. The van der Waals surface area contributed by atoms with E-state index in [0.29, 0.717) is 27.7 Å². The van der Waals surface area contributed by atoms with Crippen molar-refractivity contribution in [2.75, 3.05) is 5.32 Å². The van der Waals surface area contributed by atoms with Gasteiger partial charge in [-0.1, -0.05) is 54.1 Å². The van der Waals surface area contributed by atoms with Gasteiger partial charge in [-0.05, 0) is 52.7 Å². The Morgan fingerprint density at radius 3 is 2.31 bits per heavy atom. The molecule has 0 spiro atoms. The Balaban J connectivity index is 1.83. The lowest BCUT2D eigenvalue weighted by atomic mass is 10.00. The summed E-state index contributed by atoms with van der Waals surface area (Å²) in [6.45, 7) is 2.00. The lowest BCUT2D eigenvalue weighted by molar-refractivity contribution is 0.0994. The van der Waals surface area contributed by atoms with Crippen molar-refractivity contribution < 1.29 is 9.59 Å². The maximum atomic E-state index is 12.8. The Kier molecular flexibility index (Phi) is 5.64. The molecule has 1 N–H and O–H groups in total. The molecule has 0 aliphatic heterocycles. The van der Waals surface area contributed by atoms with Crippen molar-refractivity contribution in [1.82, 2.24) is 0 Å².